The van der Waals surface area contributed by atoms with Crippen LogP contribution in [0.25, 0.3) is 0 Å². The van der Waals surface area contributed by atoms with Crippen LogP contribution in [-0.2, 0) is 51.1 Å². The second-order valence-electron chi connectivity index (χ2n) is 28.4. The van der Waals surface area contributed by atoms with Crippen LogP contribution in [-0.4, -0.2) is 107 Å². The van der Waals surface area contributed by atoms with E-state index in [2.05, 4.69) is 105 Å². The van der Waals surface area contributed by atoms with Crippen LogP contribution < -0.4 is 52.8 Å². The van der Waals surface area contributed by atoms with E-state index in [4.69, 9.17) is 20.9 Å². The minimum Gasteiger partial charge on any atom is -0.488 e. The van der Waals surface area contributed by atoms with Crippen LogP contribution >= 0.6 is 23.5 Å². The lowest BCUT2D eigenvalue weighted by Crippen LogP contribution is -2.52. The number of nitrogens with two attached hydrogens (primary N) is 2. The maximum absolute atomic E-state index is 15.0. The first-order chi connectivity index (χ1) is 49.6. The molecule has 0 spiro atoms. The van der Waals surface area contributed by atoms with Gasteiger partial charge in [-0.15, -0.1) is 23.5 Å². The Kier molecular flexibility index (Phi) is 28.6. The number of benzene rings is 8. The molecule has 1 fully saturated rings. The zero-order valence-corrected chi connectivity index (χ0v) is 61.9. The van der Waals surface area contributed by atoms with Crippen LogP contribution in [0.15, 0.2) is 231 Å². The molecule has 1 aliphatic rings. The molecule has 0 saturated heterocycles. The standard InChI is InChI=1S/C85H102N8O8S2/c1-82(2,3)100-68-49-45-60(46-50-68)55-70(86)78(96)88-53-29-13-27-43-76(94)90-74(58-102-84(62-31-15-7-16-32-62,63-33-17-8-18-34-63)64-35-19-9-20-36-64)80(98)92-72-57-73(72)93-81(99)75(59-103-85(65-37-21-10-22-38-65,66-39-23-11-24-40-66)67-41-25-12-26-42-67)91-77(95)44-28-14-30-54-89-79(97)71(87)56-61-47-51-69(52-48-61)101-83(4,5)6/h7-12,15-26,31-42,45-52,70-75H,13-14,27-30,43-44,53-59,86-87H2,1-6H3,(H,88,96)(H,89,97)(H,90,94)(H,91,95)(H,92,98)(H,93,99)/t70-,71-,72?,73?,74-,75-/m0/s1. The zero-order chi connectivity index (χ0) is 73.2. The van der Waals surface area contributed by atoms with E-state index in [1.54, 1.807) is 23.5 Å². The molecule has 0 radical (unpaired) electrons. The number of thioether (sulfide) groups is 2. The molecule has 103 heavy (non-hydrogen) atoms. The van der Waals surface area contributed by atoms with Crippen molar-refractivity contribution >= 4 is 59.0 Å². The van der Waals surface area contributed by atoms with Crippen LogP contribution in [0.1, 0.15) is 144 Å². The van der Waals surface area contributed by atoms with Crippen LogP contribution in [0, 0.1) is 0 Å². The smallest absolute Gasteiger partial charge is 0.243 e. The van der Waals surface area contributed by atoms with Crippen LogP contribution in [0.5, 0.6) is 11.5 Å². The number of rotatable bonds is 38. The normalized spacial score (nSPS) is 14.9. The highest BCUT2D eigenvalue weighted by atomic mass is 32.2. The van der Waals surface area contributed by atoms with Crippen molar-refractivity contribution < 1.29 is 38.2 Å². The monoisotopic (exact) mass is 1430 g/mol. The van der Waals surface area contributed by atoms with E-state index in [0.717, 1.165) is 56.0 Å². The molecular weight excluding hydrogens is 1330 g/mol. The average Bonchev–Trinajstić information content (AvgIpc) is 1.02. The Morgan fingerprint density at radius 3 is 0.942 bits per heavy atom. The second kappa shape index (κ2) is 37.8. The van der Waals surface area contributed by atoms with Crippen LogP contribution in [0.3, 0.4) is 0 Å². The van der Waals surface area contributed by atoms with Crippen molar-refractivity contribution in [1.29, 1.82) is 0 Å². The van der Waals surface area contributed by atoms with Gasteiger partial charge in [-0.05, 0) is 155 Å². The molecule has 0 bridgehead atoms. The van der Waals surface area contributed by atoms with Crippen molar-refractivity contribution in [2.24, 2.45) is 11.5 Å². The largest absolute Gasteiger partial charge is 0.488 e. The fourth-order valence-corrected chi connectivity index (χ4v) is 15.7. The Hall–Kier alpha value is -9.20. The van der Waals surface area contributed by atoms with Crippen molar-refractivity contribution in [2.45, 2.75) is 169 Å². The summed E-state index contributed by atoms with van der Waals surface area (Å²) in [6.07, 6.45) is 4.99. The highest BCUT2D eigenvalue weighted by molar-refractivity contribution is 8.01. The number of hydrogen-bond donors (Lipinski definition) is 8. The molecule has 6 atom stereocenters. The molecule has 6 amide bonds. The lowest BCUT2D eigenvalue weighted by atomic mass is 9.84. The van der Waals surface area contributed by atoms with Crippen molar-refractivity contribution in [3.8, 4) is 11.5 Å². The Morgan fingerprint density at radius 1 is 0.388 bits per heavy atom. The predicted octanol–water partition coefficient (Wildman–Crippen LogP) is 12.6. The second-order valence-corrected chi connectivity index (χ2v) is 30.9. The lowest BCUT2D eigenvalue weighted by Gasteiger charge is -2.36. The summed E-state index contributed by atoms with van der Waals surface area (Å²) >= 11 is 3.13. The molecule has 0 aliphatic heterocycles. The van der Waals surface area contributed by atoms with Gasteiger partial charge in [-0.25, -0.2) is 0 Å². The number of carbonyl (C=O) groups is 6. The Morgan fingerprint density at radius 2 is 0.670 bits per heavy atom. The lowest BCUT2D eigenvalue weighted by molar-refractivity contribution is -0.129. The maximum atomic E-state index is 15.0. The Bertz CT molecular complexity index is 3510. The van der Waals surface area contributed by atoms with Gasteiger partial charge in [0.15, 0.2) is 0 Å². The molecule has 542 valence electrons. The average molecular weight is 1430 g/mol. The quantitative estimate of drug-likeness (QED) is 0.0133. The van der Waals surface area contributed by atoms with Crippen LogP contribution in [0.4, 0.5) is 0 Å². The van der Waals surface area contributed by atoms with E-state index in [1.165, 1.54) is 0 Å². The van der Waals surface area contributed by atoms with E-state index < -0.39 is 57.6 Å². The predicted molar refractivity (Wildman–Crippen MR) is 416 cm³/mol. The zero-order valence-electron chi connectivity index (χ0n) is 60.2. The van der Waals surface area contributed by atoms with Gasteiger partial charge in [-0.3, -0.25) is 28.8 Å². The molecule has 8 aromatic carbocycles. The van der Waals surface area contributed by atoms with Gasteiger partial charge in [0.1, 0.15) is 34.8 Å². The van der Waals surface area contributed by atoms with E-state index in [9.17, 15) is 19.2 Å². The van der Waals surface area contributed by atoms with Gasteiger partial charge in [-0.2, -0.15) is 0 Å². The molecule has 8 aromatic rings. The van der Waals surface area contributed by atoms with Gasteiger partial charge in [0.05, 0.1) is 33.7 Å². The number of hydrogen-bond acceptors (Lipinski definition) is 12. The van der Waals surface area contributed by atoms with E-state index in [1.807, 2.05) is 199 Å². The summed E-state index contributed by atoms with van der Waals surface area (Å²) in [5.74, 6) is -0.0549. The van der Waals surface area contributed by atoms with E-state index in [-0.39, 0.29) is 59.2 Å². The van der Waals surface area contributed by atoms with Gasteiger partial charge in [-0.1, -0.05) is 219 Å². The Balaban J connectivity index is 0.863. The molecule has 0 aromatic heterocycles. The molecule has 9 rings (SSSR count). The van der Waals surface area contributed by atoms with Crippen molar-refractivity contribution in [3.05, 3.63) is 275 Å². The summed E-state index contributed by atoms with van der Waals surface area (Å²) in [4.78, 5) is 84.6. The third-order valence-corrected chi connectivity index (χ3v) is 21.1. The topological polar surface area (TPSA) is 245 Å². The first kappa shape index (κ1) is 77.9. The number of amides is 6. The maximum Gasteiger partial charge on any atom is 0.243 e. The molecule has 10 N–H and O–H groups in total. The van der Waals surface area contributed by atoms with Crippen molar-refractivity contribution in [3.63, 3.8) is 0 Å². The fraction of sp³-hybridized carbons (Fsp3) is 0.365. The van der Waals surface area contributed by atoms with Gasteiger partial charge in [0.25, 0.3) is 0 Å². The molecule has 18 heteroatoms. The highest BCUT2D eigenvalue weighted by Crippen LogP contribution is 2.50. The van der Waals surface area contributed by atoms with Gasteiger partial charge in [0, 0.05) is 37.4 Å². The summed E-state index contributed by atoms with van der Waals surface area (Å²) < 4.78 is 10.3. The van der Waals surface area contributed by atoms with E-state index in [0.29, 0.717) is 70.9 Å². The Labute approximate surface area is 617 Å². The van der Waals surface area contributed by atoms with Gasteiger partial charge >= 0.3 is 0 Å². The first-order valence-electron chi connectivity index (χ1n) is 36.0. The summed E-state index contributed by atoms with van der Waals surface area (Å²) in [6, 6.07) is 71.8. The number of nitrogens with one attached hydrogen (secondary N) is 6. The molecular formula is C85H102N8O8S2. The van der Waals surface area contributed by atoms with Gasteiger partial charge in [0.2, 0.25) is 35.4 Å². The summed E-state index contributed by atoms with van der Waals surface area (Å²) in [5.41, 5.74) is 19.8. The number of ether oxygens (including phenoxy) is 2. The third kappa shape index (κ3) is 23.4. The first-order valence-corrected chi connectivity index (χ1v) is 38.0. The van der Waals surface area contributed by atoms with Crippen molar-refractivity contribution in [2.75, 3.05) is 24.6 Å². The molecule has 0 heterocycles. The molecule has 2 unspecified atom stereocenters. The minimum absolute atomic E-state index is 0.143. The summed E-state index contributed by atoms with van der Waals surface area (Å²) in [5, 5.41) is 18.6. The van der Waals surface area contributed by atoms with Crippen molar-refractivity contribution in [1.82, 2.24) is 31.9 Å². The highest BCUT2D eigenvalue weighted by Gasteiger charge is 2.45. The van der Waals surface area contributed by atoms with Gasteiger partial charge < -0.3 is 52.8 Å². The molecule has 1 saturated carbocycles. The fourth-order valence-electron chi connectivity index (χ4n) is 12.6. The molecule has 1 aliphatic carbocycles. The molecule has 16 nitrogen and oxygen atoms in total. The summed E-state index contributed by atoms with van der Waals surface area (Å²) in [6.45, 7) is 12.7. The van der Waals surface area contributed by atoms with Crippen LogP contribution in [0.2, 0.25) is 0 Å². The third-order valence-electron chi connectivity index (χ3n) is 17.8. The SMILES string of the molecule is CC(C)(C)Oc1ccc(C[C@H](N)C(=O)NCCCCCC(=O)N[C@@H](CSC(c2ccccc2)(c2ccccc2)c2ccccc2)C(=O)NC2CC2NC(=O)[C@H](CSC(c2ccccc2)(c2ccccc2)c2ccccc2)NC(=O)CCCCCNC(=O)[C@@H](N)Cc2ccc(OC(C)(C)C)cc2)cc1. The van der Waals surface area contributed by atoms with E-state index >= 15 is 9.59 Å². The minimum atomic E-state index is -1.00. The summed E-state index contributed by atoms with van der Waals surface area (Å²) in [7, 11) is 0. The number of unbranched alkanes of at least 4 members (excludes halogenated alkanes) is 4. The number of carbonyl (C=O) groups excluding carboxylic acids is 6.